The van der Waals surface area contributed by atoms with Crippen LogP contribution in [0.5, 0.6) is 0 Å². The van der Waals surface area contributed by atoms with Crippen LogP contribution >= 0.6 is 8.40 Å². The molecule has 0 aromatic heterocycles. The van der Waals surface area contributed by atoms with Crippen molar-refractivity contribution in [3.63, 3.8) is 0 Å². The van der Waals surface area contributed by atoms with Gasteiger partial charge in [0.1, 0.15) is 0 Å². The normalized spacial score (nSPS) is 23.9. The fourth-order valence-electron chi connectivity index (χ4n) is 4.28. The molecule has 2 heterocycles. The summed E-state index contributed by atoms with van der Waals surface area (Å²) in [6, 6.07) is 45.3. The van der Waals surface area contributed by atoms with Crippen LogP contribution in [0.4, 0.5) is 0 Å². The average Bonchev–Trinajstić information content (AvgIpc) is 3.49. The minimum absolute atomic E-state index is 0.520. The molecule has 0 fully saturated rings. The number of hydrogen-bond acceptors (Lipinski definition) is 0. The molecule has 0 unspecified atom stereocenters. The maximum atomic E-state index is 3.87. The van der Waals surface area contributed by atoms with E-state index in [0.717, 1.165) is 0 Å². The van der Waals surface area contributed by atoms with E-state index in [9.17, 15) is 0 Å². The second-order valence-corrected chi connectivity index (χ2v) is 51.1. The van der Waals surface area contributed by atoms with E-state index in [1.54, 1.807) is 19.6 Å². The first-order chi connectivity index (χ1) is 17.6. The molecule has 0 saturated heterocycles. The molecule has 2 aliphatic heterocycles. The predicted octanol–water partition coefficient (Wildman–Crippen LogP) is 5.08. The topological polar surface area (TPSA) is 0 Å². The van der Waals surface area contributed by atoms with Crippen molar-refractivity contribution in [3.05, 3.63) is 141 Å². The van der Waals surface area contributed by atoms with Crippen LogP contribution in [0.1, 0.15) is 11.1 Å². The Morgan fingerprint density at radius 1 is 0.417 bits per heavy atom. The second kappa shape index (κ2) is 11.4. The molecule has 0 spiro atoms. The van der Waals surface area contributed by atoms with Crippen LogP contribution in [0.15, 0.2) is 130 Å². The van der Waals surface area contributed by atoms with Crippen molar-refractivity contribution in [1.29, 1.82) is 0 Å². The first kappa shape index (κ1) is 26.6. The van der Waals surface area contributed by atoms with Crippen molar-refractivity contribution in [3.8, 4) is 0 Å². The van der Waals surface area contributed by atoms with E-state index in [2.05, 4.69) is 152 Å². The fraction of sp³-hybridized carbons (Fsp3) is 0. The monoisotopic (exact) mass is 898 g/mol. The molecule has 178 valence electrons. The number of rotatable bonds is 5. The van der Waals surface area contributed by atoms with E-state index < -0.39 is 8.40 Å². The third kappa shape index (κ3) is 4.89. The Hall–Kier alpha value is 0.337. The summed E-state index contributed by atoms with van der Waals surface area (Å²) in [6.07, 6.45) is 0. The van der Waals surface area contributed by atoms with Crippen LogP contribution in [0.25, 0.3) is 10.6 Å². The van der Waals surface area contributed by atoms with Gasteiger partial charge in [0.2, 0.25) is 0 Å². The first-order valence-corrected chi connectivity index (χ1v) is 34.1. The van der Waals surface area contributed by atoms with Crippen molar-refractivity contribution in [2.75, 3.05) is 0 Å². The van der Waals surface area contributed by atoms with E-state index >= 15 is 0 Å². The zero-order valence-electron chi connectivity index (χ0n) is 18.9. The molecule has 36 heavy (non-hydrogen) atoms. The summed E-state index contributed by atoms with van der Waals surface area (Å²) in [5.41, 5.74) is 2.87. The SMILES string of the molecule is [Se]=[P@@]1(c2ccccc2)[Se][Se]C(C2=C(c3ccccc3)[P@](=[Se])(c3ccccc3)[Se][Se]2)=C1c1ccccc1. The van der Waals surface area contributed by atoms with Gasteiger partial charge in [0.05, 0.1) is 0 Å². The van der Waals surface area contributed by atoms with Crippen LogP contribution in [-0.2, 0) is 0 Å². The molecule has 0 aliphatic carbocycles. The summed E-state index contributed by atoms with van der Waals surface area (Å²) < 4.78 is 0.439. The number of hydrogen-bond donors (Lipinski definition) is 0. The maximum absolute atomic E-state index is 3.87. The summed E-state index contributed by atoms with van der Waals surface area (Å²) in [7, 11) is 0. The summed E-state index contributed by atoms with van der Waals surface area (Å²) >= 11 is 9.92. The van der Waals surface area contributed by atoms with Gasteiger partial charge < -0.3 is 0 Å². The van der Waals surface area contributed by atoms with E-state index in [-0.39, 0.29) is 0 Å². The summed E-state index contributed by atoms with van der Waals surface area (Å²) in [5, 5.41) is 6.39. The zero-order chi connectivity index (χ0) is 24.6. The Balaban J connectivity index is 1.66. The van der Waals surface area contributed by atoms with Gasteiger partial charge in [-0.3, -0.25) is 0 Å². The van der Waals surface area contributed by atoms with Gasteiger partial charge in [-0.05, 0) is 0 Å². The standard InChI is InChI=1S/C28H20P2Se6/c31-29(23-17-9-3-10-18-23)25(21-13-5-1-6-14-21)27(33-35-29)28-26(22-15-7-2-8-16-22)30(32,36-34-28)24-19-11-4-12-20-24/h1-20H/t29-,30-/m0/s1. The fourth-order valence-corrected chi connectivity index (χ4v) is 69.6. The van der Waals surface area contributed by atoms with Gasteiger partial charge in [-0.2, -0.15) is 0 Å². The number of allylic oxidation sites excluding steroid dienone is 2. The zero-order valence-corrected chi connectivity index (χ0v) is 31.0. The van der Waals surface area contributed by atoms with E-state index in [1.807, 2.05) is 0 Å². The van der Waals surface area contributed by atoms with Gasteiger partial charge in [0.25, 0.3) is 0 Å². The molecular weight excluding hydrogens is 872 g/mol. The van der Waals surface area contributed by atoms with Crippen molar-refractivity contribution in [2.24, 2.45) is 0 Å². The Morgan fingerprint density at radius 2 is 0.722 bits per heavy atom. The van der Waals surface area contributed by atoms with Gasteiger partial charge in [-0.15, -0.1) is 0 Å². The first-order valence-electron chi connectivity index (χ1n) is 11.3. The third-order valence-corrected chi connectivity index (χ3v) is 70.8. The molecule has 0 amide bonds. The van der Waals surface area contributed by atoms with Crippen molar-refractivity contribution in [2.45, 2.75) is 0 Å². The van der Waals surface area contributed by atoms with E-state index in [4.69, 9.17) is 0 Å². The summed E-state index contributed by atoms with van der Waals surface area (Å²) in [5.74, 6) is 0. The van der Waals surface area contributed by atoms with Crippen LogP contribution in [0, 0.1) is 0 Å². The molecular formula is C28H20P2Se6. The molecule has 6 rings (SSSR count). The molecule has 0 nitrogen and oxygen atoms in total. The molecule has 0 N–H and O–H groups in total. The molecule has 2 atom stereocenters. The van der Waals surface area contributed by atoms with Crippen molar-refractivity contribution in [1.82, 2.24) is 0 Å². The van der Waals surface area contributed by atoms with E-state index in [1.165, 1.54) is 21.7 Å². The van der Waals surface area contributed by atoms with Gasteiger partial charge >= 0.3 is 253 Å². The van der Waals surface area contributed by atoms with Crippen LogP contribution < -0.4 is 10.6 Å². The Labute approximate surface area is 250 Å². The quantitative estimate of drug-likeness (QED) is 0.194. The summed E-state index contributed by atoms with van der Waals surface area (Å²) in [6.45, 7) is 0. The van der Waals surface area contributed by atoms with Crippen molar-refractivity contribution >= 4 is 111 Å². The average molecular weight is 892 g/mol. The van der Waals surface area contributed by atoms with Gasteiger partial charge in [0, 0.05) is 0 Å². The third-order valence-electron chi connectivity index (χ3n) is 5.96. The van der Waals surface area contributed by atoms with E-state index in [0.29, 0.717) is 51.6 Å². The van der Waals surface area contributed by atoms with Gasteiger partial charge in [0.15, 0.2) is 0 Å². The molecule has 0 saturated carbocycles. The minimum atomic E-state index is -1.52. The van der Waals surface area contributed by atoms with Crippen LogP contribution in [0.3, 0.4) is 0 Å². The molecule has 2 aliphatic rings. The van der Waals surface area contributed by atoms with Crippen LogP contribution in [0.2, 0.25) is 0 Å². The Kier molecular flexibility index (Phi) is 8.44. The summed E-state index contributed by atoms with van der Waals surface area (Å²) in [4.78, 5) is 0. The molecule has 4 aromatic carbocycles. The second-order valence-electron chi connectivity index (χ2n) is 8.18. The Bertz CT molecular complexity index is 1440. The van der Waals surface area contributed by atoms with Gasteiger partial charge in [-0.25, -0.2) is 0 Å². The number of benzene rings is 4. The van der Waals surface area contributed by atoms with Crippen LogP contribution in [-0.4, -0.2) is 81.8 Å². The predicted molar refractivity (Wildman–Crippen MR) is 167 cm³/mol. The molecule has 0 bridgehead atoms. The Morgan fingerprint density at radius 3 is 1.06 bits per heavy atom. The van der Waals surface area contributed by atoms with Crippen molar-refractivity contribution < 1.29 is 0 Å². The molecule has 4 aromatic rings. The molecule has 0 radical (unpaired) electrons. The molecule has 8 heteroatoms. The van der Waals surface area contributed by atoms with Gasteiger partial charge in [-0.1, -0.05) is 0 Å².